The van der Waals surface area contributed by atoms with Crippen molar-refractivity contribution in [2.45, 2.75) is 72.0 Å². The number of oxime groups is 1. The Kier molecular flexibility index (Phi) is 10.1. The van der Waals surface area contributed by atoms with Crippen molar-refractivity contribution in [3.63, 3.8) is 0 Å². The number of benzene rings is 2. The first-order valence-electron chi connectivity index (χ1n) is 12.5. The Morgan fingerprint density at radius 1 is 0.971 bits per heavy atom. The predicted molar refractivity (Wildman–Crippen MR) is 140 cm³/mol. The summed E-state index contributed by atoms with van der Waals surface area (Å²) in [6.45, 7) is 6.18. The van der Waals surface area contributed by atoms with Gasteiger partial charge in [0.25, 0.3) is 0 Å². The maximum atomic E-state index is 11.2. The van der Waals surface area contributed by atoms with Crippen molar-refractivity contribution in [3.05, 3.63) is 71.9 Å². The van der Waals surface area contributed by atoms with Crippen LogP contribution in [-0.4, -0.2) is 21.8 Å². The van der Waals surface area contributed by atoms with Gasteiger partial charge in [-0.1, -0.05) is 81.1 Å². The molecule has 0 saturated heterocycles. The van der Waals surface area contributed by atoms with Gasteiger partial charge in [0, 0.05) is 11.3 Å². The number of carboxylic acid groups (broad SMARTS) is 1. The smallest absolute Gasteiger partial charge is 0.353 e. The molecule has 1 aromatic heterocycles. The number of unbranched alkanes of at least 4 members (excludes halogenated alkanes) is 2. The number of pyridine rings is 1. The molecule has 0 amide bonds. The van der Waals surface area contributed by atoms with Gasteiger partial charge in [0.15, 0.2) is 11.8 Å². The third kappa shape index (κ3) is 7.81. The lowest BCUT2D eigenvalue weighted by Crippen LogP contribution is -2.17. The van der Waals surface area contributed by atoms with Gasteiger partial charge in [0.2, 0.25) is 0 Å². The Morgan fingerprint density at radius 2 is 1.66 bits per heavy atom. The summed E-state index contributed by atoms with van der Waals surface area (Å²) in [6.07, 6.45) is 6.10. The summed E-state index contributed by atoms with van der Waals surface area (Å²) in [5, 5.41) is 14.2. The van der Waals surface area contributed by atoms with Crippen molar-refractivity contribution in [3.8, 4) is 5.75 Å². The third-order valence-corrected chi connectivity index (χ3v) is 6.15. The molecule has 0 bridgehead atoms. The molecule has 1 atom stereocenters. The molecule has 0 spiro atoms. The van der Waals surface area contributed by atoms with Crippen LogP contribution < -0.4 is 4.74 Å². The summed E-state index contributed by atoms with van der Waals surface area (Å²) in [7, 11) is 0. The molecule has 1 heterocycles. The molecule has 0 aliphatic rings. The molecule has 35 heavy (non-hydrogen) atoms. The molecule has 3 aromatic rings. The summed E-state index contributed by atoms with van der Waals surface area (Å²) in [5.74, 6) is -0.0754. The highest BCUT2D eigenvalue weighted by atomic mass is 16.6. The number of para-hydroxylation sites is 1. The molecule has 3 rings (SSSR count). The zero-order valence-electron chi connectivity index (χ0n) is 20.9. The van der Waals surface area contributed by atoms with Gasteiger partial charge in [-0.3, -0.25) is 0 Å². The lowest BCUT2D eigenvalue weighted by molar-refractivity contribution is -0.129. The van der Waals surface area contributed by atoms with Gasteiger partial charge < -0.3 is 14.7 Å². The van der Waals surface area contributed by atoms with E-state index in [1.807, 2.05) is 54.6 Å². The molecule has 2 aromatic carbocycles. The van der Waals surface area contributed by atoms with E-state index >= 15 is 0 Å². The van der Waals surface area contributed by atoms with Gasteiger partial charge in [0.1, 0.15) is 12.4 Å². The Labute approximate surface area is 208 Å². The van der Waals surface area contributed by atoms with Crippen LogP contribution in [-0.2, 0) is 16.2 Å². The fourth-order valence-corrected chi connectivity index (χ4v) is 4.07. The SMILES string of the molecule is CCCCC(CCCC)C(O/N=C(\C)C(=O)O)c1ccc(OCc2ccc3ccccc3n2)cc1. The number of hydrogen-bond donors (Lipinski definition) is 1. The van der Waals surface area contributed by atoms with Gasteiger partial charge in [0.05, 0.1) is 11.2 Å². The average Bonchev–Trinajstić information content (AvgIpc) is 2.88. The van der Waals surface area contributed by atoms with Crippen LogP contribution in [0.3, 0.4) is 0 Å². The summed E-state index contributed by atoms with van der Waals surface area (Å²) in [5.41, 5.74) is 2.74. The van der Waals surface area contributed by atoms with E-state index in [1.165, 1.54) is 6.92 Å². The van der Waals surface area contributed by atoms with Gasteiger partial charge in [-0.05, 0) is 49.6 Å². The van der Waals surface area contributed by atoms with E-state index in [-0.39, 0.29) is 17.7 Å². The molecular weight excluding hydrogens is 440 g/mol. The second kappa shape index (κ2) is 13.5. The molecule has 6 heteroatoms. The molecule has 186 valence electrons. The van der Waals surface area contributed by atoms with E-state index in [1.54, 1.807) is 0 Å². The van der Waals surface area contributed by atoms with E-state index in [2.05, 4.69) is 30.1 Å². The number of ether oxygens (including phenoxy) is 1. The topological polar surface area (TPSA) is 81.0 Å². The van der Waals surface area contributed by atoms with Crippen LogP contribution in [0.2, 0.25) is 0 Å². The van der Waals surface area contributed by atoms with E-state index in [0.29, 0.717) is 6.61 Å². The minimum absolute atomic E-state index is 0.0532. The van der Waals surface area contributed by atoms with Crippen LogP contribution >= 0.6 is 0 Å². The minimum Gasteiger partial charge on any atom is -0.487 e. The largest absolute Gasteiger partial charge is 0.487 e. The van der Waals surface area contributed by atoms with Crippen molar-refractivity contribution >= 4 is 22.6 Å². The third-order valence-electron chi connectivity index (χ3n) is 6.15. The van der Waals surface area contributed by atoms with E-state index in [0.717, 1.165) is 66.4 Å². The molecule has 1 N–H and O–H groups in total. The average molecular weight is 477 g/mol. The van der Waals surface area contributed by atoms with Gasteiger partial charge in [-0.15, -0.1) is 0 Å². The number of nitrogens with zero attached hydrogens (tertiary/aromatic N) is 2. The van der Waals surface area contributed by atoms with Gasteiger partial charge in [-0.2, -0.15) is 0 Å². The molecule has 0 aliphatic carbocycles. The summed E-state index contributed by atoms with van der Waals surface area (Å²) < 4.78 is 5.99. The molecule has 6 nitrogen and oxygen atoms in total. The highest BCUT2D eigenvalue weighted by molar-refractivity contribution is 6.34. The summed E-state index contributed by atoms with van der Waals surface area (Å²) in [4.78, 5) is 21.8. The van der Waals surface area contributed by atoms with Crippen molar-refractivity contribution < 1.29 is 19.5 Å². The van der Waals surface area contributed by atoms with Crippen LogP contribution in [0.4, 0.5) is 0 Å². The Bertz CT molecular complexity index is 1100. The quantitative estimate of drug-likeness (QED) is 0.195. The van der Waals surface area contributed by atoms with E-state index in [4.69, 9.17) is 9.57 Å². The van der Waals surface area contributed by atoms with Crippen LogP contribution in [0.1, 0.15) is 76.7 Å². The predicted octanol–water partition coefficient (Wildman–Crippen LogP) is 7.33. The van der Waals surface area contributed by atoms with Gasteiger partial charge >= 0.3 is 5.97 Å². The van der Waals surface area contributed by atoms with Crippen molar-refractivity contribution in [2.75, 3.05) is 0 Å². The number of carboxylic acids is 1. The number of aliphatic carboxylic acids is 1. The highest BCUT2D eigenvalue weighted by Gasteiger charge is 2.25. The number of fused-ring (bicyclic) bond motifs is 1. The zero-order chi connectivity index (χ0) is 25.0. The zero-order valence-corrected chi connectivity index (χ0v) is 20.9. The fourth-order valence-electron chi connectivity index (χ4n) is 4.07. The molecule has 0 aliphatic heterocycles. The molecular formula is C29H36N2O4. The lowest BCUT2D eigenvalue weighted by atomic mass is 9.87. The van der Waals surface area contributed by atoms with Crippen LogP contribution in [0.5, 0.6) is 5.75 Å². The van der Waals surface area contributed by atoms with Crippen molar-refractivity contribution in [1.82, 2.24) is 4.98 Å². The second-order valence-corrected chi connectivity index (χ2v) is 8.91. The maximum absolute atomic E-state index is 11.2. The van der Waals surface area contributed by atoms with Crippen molar-refractivity contribution in [2.24, 2.45) is 11.1 Å². The first-order chi connectivity index (χ1) is 17.0. The van der Waals surface area contributed by atoms with Gasteiger partial charge in [-0.25, -0.2) is 9.78 Å². The highest BCUT2D eigenvalue weighted by Crippen LogP contribution is 2.35. The Hall–Kier alpha value is -3.41. The molecule has 0 fully saturated rings. The van der Waals surface area contributed by atoms with Crippen LogP contribution in [0, 0.1) is 5.92 Å². The summed E-state index contributed by atoms with van der Waals surface area (Å²) in [6, 6.07) is 19.9. The molecule has 1 unspecified atom stereocenters. The standard InChI is InChI=1S/C29H36N2O4/c1-4-6-10-23(11-7-5-2)28(35-31-21(3)29(32)33)24-15-18-26(19-16-24)34-20-25-17-14-22-12-8-9-13-27(22)30-25/h8-9,12-19,23,28H,4-7,10-11,20H2,1-3H3,(H,32,33)/b31-21+. The number of rotatable bonds is 14. The lowest BCUT2D eigenvalue weighted by Gasteiger charge is -2.26. The first-order valence-corrected chi connectivity index (χ1v) is 12.5. The number of aromatic nitrogens is 1. The van der Waals surface area contributed by atoms with E-state index in [9.17, 15) is 9.90 Å². The van der Waals surface area contributed by atoms with Crippen molar-refractivity contribution in [1.29, 1.82) is 0 Å². The Balaban J connectivity index is 1.74. The minimum atomic E-state index is -1.08. The van der Waals surface area contributed by atoms with Crippen LogP contribution in [0.25, 0.3) is 10.9 Å². The first kappa shape index (κ1) is 26.2. The summed E-state index contributed by atoms with van der Waals surface area (Å²) >= 11 is 0. The number of hydrogen-bond acceptors (Lipinski definition) is 5. The Morgan fingerprint density at radius 3 is 2.31 bits per heavy atom. The fraction of sp³-hybridized carbons (Fsp3) is 0.414. The monoisotopic (exact) mass is 476 g/mol. The molecule has 0 saturated carbocycles. The normalized spacial score (nSPS) is 12.6. The van der Waals surface area contributed by atoms with E-state index < -0.39 is 5.97 Å². The molecule has 0 radical (unpaired) electrons. The van der Waals surface area contributed by atoms with Crippen LogP contribution in [0.15, 0.2) is 65.8 Å². The number of carbonyl (C=O) groups is 1. The maximum Gasteiger partial charge on any atom is 0.353 e. The second-order valence-electron chi connectivity index (χ2n) is 8.91.